The summed E-state index contributed by atoms with van der Waals surface area (Å²) in [7, 11) is 0. The maximum absolute atomic E-state index is 5.65. The van der Waals surface area contributed by atoms with E-state index in [-0.39, 0.29) is 0 Å². The second-order valence-electron chi connectivity index (χ2n) is 5.03. The second kappa shape index (κ2) is 4.19. The molecule has 2 nitrogen and oxygen atoms in total. The van der Waals surface area contributed by atoms with Crippen LogP contribution in [0.2, 0.25) is 0 Å². The fraction of sp³-hybridized carbons (Fsp3) is 0.467. The van der Waals surface area contributed by atoms with E-state index < -0.39 is 0 Å². The Balaban J connectivity index is 2.22. The molecule has 2 heteroatoms. The molecule has 3 rings (SSSR count). The van der Waals surface area contributed by atoms with Crippen molar-refractivity contribution in [3.8, 4) is 0 Å². The van der Waals surface area contributed by atoms with Crippen molar-refractivity contribution in [1.82, 2.24) is 4.57 Å². The van der Waals surface area contributed by atoms with Crippen molar-refractivity contribution in [3.63, 3.8) is 0 Å². The van der Waals surface area contributed by atoms with Gasteiger partial charge >= 0.3 is 0 Å². The Kier molecular flexibility index (Phi) is 2.67. The third-order valence-corrected chi connectivity index (χ3v) is 4.00. The topological polar surface area (TPSA) is 30.9 Å². The molecule has 17 heavy (non-hydrogen) atoms. The third-order valence-electron chi connectivity index (χ3n) is 4.00. The van der Waals surface area contributed by atoms with Gasteiger partial charge in [-0.05, 0) is 50.3 Å². The summed E-state index contributed by atoms with van der Waals surface area (Å²) in [5.41, 5.74) is 11.6. The zero-order valence-electron chi connectivity index (χ0n) is 10.5. The zero-order chi connectivity index (χ0) is 11.8. The third kappa shape index (κ3) is 1.59. The molecule has 90 valence electrons. The van der Waals surface area contributed by atoms with Crippen molar-refractivity contribution in [2.24, 2.45) is 5.73 Å². The van der Waals surface area contributed by atoms with Gasteiger partial charge in [-0.1, -0.05) is 18.2 Å². The maximum Gasteiger partial charge on any atom is 0.0517 e. The van der Waals surface area contributed by atoms with Gasteiger partial charge in [0, 0.05) is 17.6 Å². The van der Waals surface area contributed by atoms with Crippen molar-refractivity contribution in [1.29, 1.82) is 0 Å². The average Bonchev–Trinajstić information content (AvgIpc) is 2.64. The highest BCUT2D eigenvalue weighted by Gasteiger charge is 2.18. The molecule has 0 radical (unpaired) electrons. The molecule has 0 unspecified atom stereocenters. The van der Waals surface area contributed by atoms with Gasteiger partial charge in [-0.25, -0.2) is 0 Å². The molecule has 0 aliphatic carbocycles. The fourth-order valence-corrected chi connectivity index (χ4v) is 3.17. The molecule has 1 aromatic heterocycles. The number of para-hydroxylation sites is 1. The van der Waals surface area contributed by atoms with Crippen LogP contribution in [0.1, 0.15) is 29.7 Å². The zero-order valence-corrected chi connectivity index (χ0v) is 10.5. The molecular weight excluding hydrogens is 208 g/mol. The first-order valence-electron chi connectivity index (χ1n) is 6.62. The summed E-state index contributed by atoms with van der Waals surface area (Å²) < 4.78 is 2.54. The van der Waals surface area contributed by atoms with E-state index in [0.29, 0.717) is 0 Å². The highest BCUT2D eigenvalue weighted by molar-refractivity contribution is 5.88. The van der Waals surface area contributed by atoms with Crippen molar-refractivity contribution in [3.05, 3.63) is 35.0 Å². The predicted octanol–water partition coefficient (Wildman–Crippen LogP) is 2.79. The van der Waals surface area contributed by atoms with Crippen LogP contribution in [0.3, 0.4) is 0 Å². The summed E-state index contributed by atoms with van der Waals surface area (Å²) in [6.07, 6.45) is 4.72. The minimum Gasteiger partial charge on any atom is -0.344 e. The van der Waals surface area contributed by atoms with Crippen LogP contribution in [-0.2, 0) is 19.4 Å². The molecule has 2 aromatic rings. The molecule has 1 aliphatic rings. The number of hydrogen-bond donors (Lipinski definition) is 1. The molecule has 2 heterocycles. The Bertz CT molecular complexity index is 552. The Hall–Kier alpha value is -1.28. The van der Waals surface area contributed by atoms with Crippen LogP contribution >= 0.6 is 0 Å². The lowest BCUT2D eigenvalue weighted by Crippen LogP contribution is -2.11. The Morgan fingerprint density at radius 3 is 3.06 bits per heavy atom. The number of aromatic nitrogens is 1. The highest BCUT2D eigenvalue weighted by Crippen LogP contribution is 2.32. The van der Waals surface area contributed by atoms with Gasteiger partial charge < -0.3 is 10.3 Å². The van der Waals surface area contributed by atoms with Crippen LogP contribution < -0.4 is 5.73 Å². The molecular formula is C15H20N2. The summed E-state index contributed by atoms with van der Waals surface area (Å²) >= 11 is 0. The summed E-state index contributed by atoms with van der Waals surface area (Å²) in [6.45, 7) is 4.23. The van der Waals surface area contributed by atoms with Gasteiger partial charge in [0.25, 0.3) is 0 Å². The maximum atomic E-state index is 5.65. The van der Waals surface area contributed by atoms with Gasteiger partial charge in [-0.15, -0.1) is 0 Å². The highest BCUT2D eigenvalue weighted by atomic mass is 15.0. The van der Waals surface area contributed by atoms with Crippen LogP contribution in [0, 0.1) is 6.92 Å². The Labute approximate surface area is 102 Å². The molecule has 0 bridgehead atoms. The van der Waals surface area contributed by atoms with Crippen molar-refractivity contribution < 1.29 is 0 Å². The summed E-state index contributed by atoms with van der Waals surface area (Å²) in [6, 6.07) is 6.75. The quantitative estimate of drug-likeness (QED) is 0.860. The second-order valence-corrected chi connectivity index (χ2v) is 5.03. The van der Waals surface area contributed by atoms with Gasteiger partial charge in [-0.3, -0.25) is 0 Å². The molecule has 0 spiro atoms. The Morgan fingerprint density at radius 1 is 1.35 bits per heavy atom. The number of hydrogen-bond acceptors (Lipinski definition) is 1. The van der Waals surface area contributed by atoms with E-state index in [2.05, 4.69) is 29.7 Å². The number of rotatable bonds is 3. The normalized spacial score (nSPS) is 14.5. The lowest BCUT2D eigenvalue weighted by Gasteiger charge is -2.18. The smallest absolute Gasteiger partial charge is 0.0517 e. The lowest BCUT2D eigenvalue weighted by atomic mass is 10.0. The molecule has 2 N–H and O–H groups in total. The van der Waals surface area contributed by atoms with Crippen molar-refractivity contribution >= 4 is 10.9 Å². The van der Waals surface area contributed by atoms with Crippen LogP contribution in [0.25, 0.3) is 10.9 Å². The lowest BCUT2D eigenvalue weighted by molar-refractivity contribution is 0.603. The Morgan fingerprint density at radius 2 is 2.24 bits per heavy atom. The van der Waals surface area contributed by atoms with E-state index in [1.54, 1.807) is 0 Å². The predicted molar refractivity (Wildman–Crippen MR) is 72.4 cm³/mol. The minimum atomic E-state index is 0.786. The fourth-order valence-electron chi connectivity index (χ4n) is 3.17. The summed E-state index contributed by atoms with van der Waals surface area (Å²) in [4.78, 5) is 0. The van der Waals surface area contributed by atoms with Crippen molar-refractivity contribution in [2.75, 3.05) is 6.54 Å². The number of nitrogens with zero attached hydrogens (tertiary/aromatic N) is 1. The van der Waals surface area contributed by atoms with Gasteiger partial charge in [0.2, 0.25) is 0 Å². The first-order valence-corrected chi connectivity index (χ1v) is 6.62. The SMILES string of the molecule is Cc1c(CCCN)n2c3c(cccc13)CCC2. The van der Waals surface area contributed by atoms with E-state index in [0.717, 1.165) is 19.4 Å². The van der Waals surface area contributed by atoms with Crippen LogP contribution in [0.5, 0.6) is 0 Å². The number of aryl methyl sites for hydroxylation is 3. The standard InChI is InChI=1S/C15H20N2/c1-11-13-7-2-5-12-6-4-10-17(15(12)13)14(11)8-3-9-16/h2,5,7H,3-4,6,8-10,16H2,1H3. The number of benzene rings is 1. The largest absolute Gasteiger partial charge is 0.344 e. The van der Waals surface area contributed by atoms with Gasteiger partial charge in [0.1, 0.15) is 0 Å². The molecule has 1 aromatic carbocycles. The van der Waals surface area contributed by atoms with E-state index in [1.807, 2.05) is 0 Å². The van der Waals surface area contributed by atoms with Gasteiger partial charge in [0.15, 0.2) is 0 Å². The average molecular weight is 228 g/mol. The van der Waals surface area contributed by atoms with Gasteiger partial charge in [-0.2, -0.15) is 0 Å². The summed E-state index contributed by atoms with van der Waals surface area (Å²) in [5, 5.41) is 1.45. The van der Waals surface area contributed by atoms with Crippen LogP contribution in [-0.4, -0.2) is 11.1 Å². The van der Waals surface area contributed by atoms with Gasteiger partial charge in [0.05, 0.1) is 5.52 Å². The number of nitrogens with two attached hydrogens (primary N) is 1. The van der Waals surface area contributed by atoms with Crippen molar-refractivity contribution in [2.45, 2.75) is 39.2 Å². The molecule has 0 saturated heterocycles. The molecule has 0 atom stereocenters. The monoisotopic (exact) mass is 228 g/mol. The molecule has 1 aliphatic heterocycles. The van der Waals surface area contributed by atoms with E-state index >= 15 is 0 Å². The van der Waals surface area contributed by atoms with E-state index in [9.17, 15) is 0 Å². The molecule has 0 saturated carbocycles. The summed E-state index contributed by atoms with van der Waals surface area (Å²) in [5.74, 6) is 0. The van der Waals surface area contributed by atoms with E-state index in [4.69, 9.17) is 5.73 Å². The first kappa shape index (κ1) is 10.8. The first-order chi connectivity index (χ1) is 8.33. The molecule has 0 fully saturated rings. The van der Waals surface area contributed by atoms with Crippen LogP contribution in [0.4, 0.5) is 0 Å². The minimum absolute atomic E-state index is 0.786. The van der Waals surface area contributed by atoms with Crippen LogP contribution in [0.15, 0.2) is 18.2 Å². The van der Waals surface area contributed by atoms with E-state index in [1.165, 1.54) is 47.1 Å². The molecule has 0 amide bonds.